The van der Waals surface area contributed by atoms with E-state index >= 15 is 0 Å². The van der Waals surface area contributed by atoms with Crippen LogP contribution in [0.4, 0.5) is 15.0 Å². The number of rotatable bonds is 3. The van der Waals surface area contributed by atoms with Gasteiger partial charge in [0.25, 0.3) is 0 Å². The third kappa shape index (κ3) is 3.95. The van der Waals surface area contributed by atoms with Gasteiger partial charge in [-0.2, -0.15) is 5.26 Å². The van der Waals surface area contributed by atoms with Crippen LogP contribution < -0.4 is 10.6 Å². The van der Waals surface area contributed by atoms with Gasteiger partial charge < -0.3 is 15.7 Å². The van der Waals surface area contributed by atoms with Gasteiger partial charge in [0.2, 0.25) is 0 Å². The molecule has 112 valence electrons. The number of nitriles is 1. The van der Waals surface area contributed by atoms with Crippen LogP contribution in [0.3, 0.4) is 0 Å². The first-order chi connectivity index (χ1) is 9.99. The average molecular weight is 313 g/mol. The molecule has 1 saturated carbocycles. The van der Waals surface area contributed by atoms with E-state index in [1.165, 1.54) is 0 Å². The summed E-state index contributed by atoms with van der Waals surface area (Å²) in [6.45, 7) is 0. The number of halogens is 2. The Balaban J connectivity index is 1.96. The van der Waals surface area contributed by atoms with Gasteiger partial charge in [-0.25, -0.2) is 14.2 Å². The fourth-order valence-corrected chi connectivity index (χ4v) is 2.58. The largest absolute Gasteiger partial charge is 0.465 e. The van der Waals surface area contributed by atoms with Crippen LogP contribution >= 0.6 is 11.6 Å². The number of hydrogen-bond donors (Lipinski definition) is 3. The molecule has 1 aromatic heterocycles. The van der Waals surface area contributed by atoms with E-state index in [-0.39, 0.29) is 28.6 Å². The number of aromatic nitrogens is 1. The minimum absolute atomic E-state index is 0.00264. The first-order valence-electron chi connectivity index (χ1n) is 6.51. The third-order valence-electron chi connectivity index (χ3n) is 3.45. The summed E-state index contributed by atoms with van der Waals surface area (Å²) in [7, 11) is 0. The summed E-state index contributed by atoms with van der Waals surface area (Å²) in [6, 6.07) is 2.75. The molecule has 1 amide bonds. The Bertz CT molecular complexity index is 582. The van der Waals surface area contributed by atoms with Crippen molar-refractivity contribution < 1.29 is 14.3 Å². The zero-order valence-electron chi connectivity index (χ0n) is 11.1. The lowest BCUT2D eigenvalue weighted by atomic mass is 9.91. The quantitative estimate of drug-likeness (QED) is 0.745. The molecule has 1 aromatic rings. The van der Waals surface area contributed by atoms with Gasteiger partial charge in [0.05, 0.1) is 5.56 Å². The number of anilines is 1. The SMILES string of the molecule is N#Cc1cc(F)c(NC2CCC(NC(=O)O)CC2)nc1Cl. The second kappa shape index (κ2) is 6.59. The molecule has 1 aliphatic carbocycles. The molecule has 0 aliphatic heterocycles. The predicted octanol–water partition coefficient (Wildman–Crippen LogP) is 2.74. The Labute approximate surface area is 125 Å². The second-order valence-electron chi connectivity index (χ2n) is 4.91. The molecule has 0 saturated heterocycles. The van der Waals surface area contributed by atoms with Gasteiger partial charge >= 0.3 is 6.09 Å². The van der Waals surface area contributed by atoms with Crippen molar-refractivity contribution in [3.8, 4) is 6.07 Å². The molecule has 0 atom stereocenters. The maximum absolute atomic E-state index is 13.8. The molecule has 1 fully saturated rings. The van der Waals surface area contributed by atoms with E-state index in [1.807, 2.05) is 0 Å². The summed E-state index contributed by atoms with van der Waals surface area (Å²) in [4.78, 5) is 14.4. The number of amides is 1. The molecule has 0 aromatic carbocycles. The van der Waals surface area contributed by atoms with Crippen molar-refractivity contribution in [3.63, 3.8) is 0 Å². The number of nitrogens with one attached hydrogen (secondary N) is 2. The predicted molar refractivity (Wildman–Crippen MR) is 74.7 cm³/mol. The smallest absolute Gasteiger partial charge is 0.404 e. The van der Waals surface area contributed by atoms with E-state index in [0.29, 0.717) is 25.7 Å². The number of nitrogens with zero attached hydrogens (tertiary/aromatic N) is 2. The van der Waals surface area contributed by atoms with E-state index in [0.717, 1.165) is 6.07 Å². The lowest BCUT2D eigenvalue weighted by molar-refractivity contribution is 0.185. The topological polar surface area (TPSA) is 98.0 Å². The fourth-order valence-electron chi connectivity index (χ4n) is 2.40. The highest BCUT2D eigenvalue weighted by Crippen LogP contribution is 2.25. The van der Waals surface area contributed by atoms with Crippen LogP contribution in [0.15, 0.2) is 6.07 Å². The highest BCUT2D eigenvalue weighted by Gasteiger charge is 2.23. The maximum atomic E-state index is 13.8. The molecular weight excluding hydrogens is 299 g/mol. The molecule has 2 rings (SSSR count). The molecule has 21 heavy (non-hydrogen) atoms. The van der Waals surface area contributed by atoms with Gasteiger partial charge in [-0.15, -0.1) is 0 Å². The fraction of sp³-hybridized carbons (Fsp3) is 0.462. The zero-order valence-corrected chi connectivity index (χ0v) is 11.8. The van der Waals surface area contributed by atoms with E-state index in [4.69, 9.17) is 22.0 Å². The van der Waals surface area contributed by atoms with E-state index < -0.39 is 11.9 Å². The van der Waals surface area contributed by atoms with Gasteiger partial charge in [0, 0.05) is 12.1 Å². The Morgan fingerprint density at radius 3 is 2.62 bits per heavy atom. The van der Waals surface area contributed by atoms with Crippen molar-refractivity contribution in [2.75, 3.05) is 5.32 Å². The summed E-state index contributed by atoms with van der Waals surface area (Å²) in [5, 5.41) is 22.8. The Kier molecular flexibility index (Phi) is 4.81. The van der Waals surface area contributed by atoms with E-state index in [1.54, 1.807) is 6.07 Å². The van der Waals surface area contributed by atoms with Crippen LogP contribution in [-0.4, -0.2) is 28.3 Å². The molecule has 3 N–H and O–H groups in total. The summed E-state index contributed by atoms with van der Waals surface area (Å²) in [6.07, 6.45) is 1.72. The minimum atomic E-state index is -1.03. The van der Waals surface area contributed by atoms with Gasteiger partial charge in [0.1, 0.15) is 11.2 Å². The molecule has 0 unspecified atom stereocenters. The first kappa shape index (κ1) is 15.3. The van der Waals surface area contributed by atoms with Crippen LogP contribution in [0.1, 0.15) is 31.2 Å². The lowest BCUT2D eigenvalue weighted by Crippen LogP contribution is -2.39. The Morgan fingerprint density at radius 1 is 1.43 bits per heavy atom. The van der Waals surface area contributed by atoms with Crippen molar-refractivity contribution in [3.05, 3.63) is 22.6 Å². The standard InChI is InChI=1S/C13H14ClFN4O2/c14-11-7(6-16)5-10(15)12(19-11)17-8-1-3-9(4-2-8)18-13(20)21/h5,8-9,18H,1-4H2,(H,17,19)(H,20,21). The zero-order chi connectivity index (χ0) is 15.4. The number of carbonyl (C=O) groups is 1. The molecule has 8 heteroatoms. The Hall–Kier alpha value is -2.07. The number of pyridine rings is 1. The van der Waals surface area contributed by atoms with Crippen LogP contribution in [0.5, 0.6) is 0 Å². The summed E-state index contributed by atoms with van der Waals surface area (Å²) >= 11 is 5.78. The van der Waals surface area contributed by atoms with E-state index in [2.05, 4.69) is 15.6 Å². The van der Waals surface area contributed by atoms with Crippen LogP contribution in [0.2, 0.25) is 5.15 Å². The highest BCUT2D eigenvalue weighted by atomic mass is 35.5. The molecule has 0 radical (unpaired) electrons. The lowest BCUT2D eigenvalue weighted by Gasteiger charge is -2.29. The number of hydrogen-bond acceptors (Lipinski definition) is 4. The minimum Gasteiger partial charge on any atom is -0.465 e. The number of carboxylic acid groups (broad SMARTS) is 1. The van der Waals surface area contributed by atoms with Gasteiger partial charge in [-0.1, -0.05) is 11.6 Å². The van der Waals surface area contributed by atoms with E-state index in [9.17, 15) is 9.18 Å². The van der Waals surface area contributed by atoms with Gasteiger partial charge in [0.15, 0.2) is 11.6 Å². The van der Waals surface area contributed by atoms with Crippen molar-refractivity contribution in [2.45, 2.75) is 37.8 Å². The summed E-state index contributed by atoms with van der Waals surface area (Å²) < 4.78 is 13.8. The van der Waals surface area contributed by atoms with Crippen molar-refractivity contribution in [1.29, 1.82) is 5.26 Å². The summed E-state index contributed by atoms with van der Waals surface area (Å²) in [5.74, 6) is -0.602. The van der Waals surface area contributed by atoms with Crippen LogP contribution in [0.25, 0.3) is 0 Å². The summed E-state index contributed by atoms with van der Waals surface area (Å²) in [5.41, 5.74) is -0.00548. The molecular formula is C13H14ClFN4O2. The van der Waals surface area contributed by atoms with Crippen LogP contribution in [-0.2, 0) is 0 Å². The van der Waals surface area contributed by atoms with Crippen molar-refractivity contribution in [2.24, 2.45) is 0 Å². The second-order valence-corrected chi connectivity index (χ2v) is 5.27. The highest BCUT2D eigenvalue weighted by molar-refractivity contribution is 6.30. The van der Waals surface area contributed by atoms with Crippen LogP contribution in [0, 0.1) is 17.1 Å². The molecule has 1 aliphatic rings. The third-order valence-corrected chi connectivity index (χ3v) is 3.73. The first-order valence-corrected chi connectivity index (χ1v) is 6.89. The van der Waals surface area contributed by atoms with Gasteiger partial charge in [-0.05, 0) is 31.7 Å². The molecule has 6 nitrogen and oxygen atoms in total. The normalized spacial score (nSPS) is 21.4. The molecule has 1 heterocycles. The molecule has 0 bridgehead atoms. The average Bonchev–Trinajstić information content (AvgIpc) is 2.44. The maximum Gasteiger partial charge on any atom is 0.404 e. The monoisotopic (exact) mass is 312 g/mol. The van der Waals surface area contributed by atoms with Crippen molar-refractivity contribution in [1.82, 2.24) is 10.3 Å². The Morgan fingerprint density at radius 2 is 2.05 bits per heavy atom. The van der Waals surface area contributed by atoms with Crippen molar-refractivity contribution >= 4 is 23.5 Å². The van der Waals surface area contributed by atoms with Gasteiger partial charge in [-0.3, -0.25) is 0 Å². The molecule has 0 spiro atoms.